The topological polar surface area (TPSA) is 92.8 Å². The molecule has 1 aliphatic carbocycles. The number of hydrogen-bond donors (Lipinski definition) is 1. The Morgan fingerprint density at radius 2 is 1.79 bits per heavy atom. The summed E-state index contributed by atoms with van der Waals surface area (Å²) in [5, 5.41) is 4.09. The zero-order valence-electron chi connectivity index (χ0n) is 18.7. The second-order valence-corrected chi connectivity index (χ2v) is 12.4. The Bertz CT molecular complexity index is 1180. The number of ether oxygens (including phenoxy) is 1. The number of esters is 1. The standard InChI is InChI=1S/C23H26Cl2N2O5S2/c1-32-23(29)20-15-5-2-3-8-19(15)33-22(20)26-21(28)14-9-11-27(12-10-14)34(30,31)13-16-17(24)6-4-7-18(16)25/h4,6-7,14H,2-3,5,8-13H2,1H3,(H,26,28). The Hall–Kier alpha value is -1.65. The van der Waals surface area contributed by atoms with Gasteiger partial charge >= 0.3 is 5.97 Å². The number of benzene rings is 1. The fourth-order valence-corrected chi connectivity index (χ4v) is 8.12. The fraction of sp³-hybridized carbons (Fsp3) is 0.478. The smallest absolute Gasteiger partial charge is 0.341 e. The van der Waals surface area contributed by atoms with E-state index in [1.807, 2.05) is 0 Å². The van der Waals surface area contributed by atoms with Gasteiger partial charge in [-0.05, 0) is 56.2 Å². The molecule has 1 amide bonds. The maximum absolute atomic E-state index is 13.0. The van der Waals surface area contributed by atoms with Gasteiger partial charge in [0.05, 0.1) is 18.4 Å². The summed E-state index contributed by atoms with van der Waals surface area (Å²) >= 11 is 13.7. The van der Waals surface area contributed by atoms with Gasteiger partial charge < -0.3 is 10.1 Å². The maximum Gasteiger partial charge on any atom is 0.341 e. The molecule has 0 saturated carbocycles. The van der Waals surface area contributed by atoms with Crippen LogP contribution in [0.25, 0.3) is 0 Å². The lowest BCUT2D eigenvalue weighted by atomic mass is 9.95. The first-order valence-corrected chi connectivity index (χ1v) is 14.3. The van der Waals surface area contributed by atoms with E-state index in [2.05, 4.69) is 5.32 Å². The van der Waals surface area contributed by atoms with Crippen molar-refractivity contribution in [2.45, 2.75) is 44.3 Å². The van der Waals surface area contributed by atoms with Crippen LogP contribution in [0.3, 0.4) is 0 Å². The van der Waals surface area contributed by atoms with E-state index in [1.54, 1.807) is 18.2 Å². The van der Waals surface area contributed by atoms with Crippen molar-refractivity contribution in [2.75, 3.05) is 25.5 Å². The molecule has 0 unspecified atom stereocenters. The van der Waals surface area contributed by atoms with Crippen LogP contribution in [-0.4, -0.2) is 44.8 Å². The summed E-state index contributed by atoms with van der Waals surface area (Å²) in [6.07, 6.45) is 4.55. The normalized spacial score (nSPS) is 17.3. The summed E-state index contributed by atoms with van der Waals surface area (Å²) in [4.78, 5) is 26.6. The van der Waals surface area contributed by atoms with Gasteiger partial charge in [-0.15, -0.1) is 11.3 Å². The van der Waals surface area contributed by atoms with E-state index in [9.17, 15) is 18.0 Å². The van der Waals surface area contributed by atoms with Gasteiger partial charge in [0.25, 0.3) is 0 Å². The first-order valence-electron chi connectivity index (χ1n) is 11.2. The summed E-state index contributed by atoms with van der Waals surface area (Å²) in [6.45, 7) is 0.459. The predicted molar refractivity (Wildman–Crippen MR) is 134 cm³/mol. The molecule has 1 saturated heterocycles. The molecule has 34 heavy (non-hydrogen) atoms. The Kier molecular flexibility index (Phi) is 7.89. The highest BCUT2D eigenvalue weighted by atomic mass is 35.5. The summed E-state index contributed by atoms with van der Waals surface area (Å²) in [7, 11) is -2.30. The zero-order valence-corrected chi connectivity index (χ0v) is 21.9. The third-order valence-corrected chi connectivity index (χ3v) is 10.1. The average Bonchev–Trinajstić information content (AvgIpc) is 3.19. The number of carbonyl (C=O) groups is 2. The van der Waals surface area contributed by atoms with Crippen molar-refractivity contribution in [1.82, 2.24) is 4.31 Å². The van der Waals surface area contributed by atoms with E-state index in [1.165, 1.54) is 22.8 Å². The highest BCUT2D eigenvalue weighted by Crippen LogP contribution is 2.39. The first-order chi connectivity index (χ1) is 16.2. The van der Waals surface area contributed by atoms with E-state index < -0.39 is 16.0 Å². The van der Waals surface area contributed by atoms with Gasteiger partial charge in [0.15, 0.2) is 0 Å². The van der Waals surface area contributed by atoms with Crippen LogP contribution in [0.5, 0.6) is 0 Å². The molecular weight excluding hydrogens is 519 g/mol. The number of fused-ring (bicyclic) bond motifs is 1. The van der Waals surface area contributed by atoms with Crippen LogP contribution in [0.15, 0.2) is 18.2 Å². The van der Waals surface area contributed by atoms with Crippen LogP contribution < -0.4 is 5.32 Å². The molecule has 2 aliphatic rings. The van der Waals surface area contributed by atoms with E-state index in [0.29, 0.717) is 39.0 Å². The number of nitrogens with one attached hydrogen (secondary N) is 1. The van der Waals surface area contributed by atoms with Gasteiger partial charge in [-0.25, -0.2) is 17.5 Å². The number of piperidine rings is 1. The van der Waals surface area contributed by atoms with E-state index in [-0.39, 0.29) is 30.7 Å². The quantitative estimate of drug-likeness (QED) is 0.522. The molecule has 7 nitrogen and oxygen atoms in total. The van der Waals surface area contributed by atoms with Gasteiger partial charge in [0, 0.05) is 39.5 Å². The molecule has 2 aromatic rings. The number of sulfonamides is 1. The number of hydrogen-bond acceptors (Lipinski definition) is 6. The third kappa shape index (κ3) is 5.28. The van der Waals surface area contributed by atoms with Gasteiger partial charge in [0.2, 0.25) is 15.9 Å². The molecule has 184 valence electrons. The summed E-state index contributed by atoms with van der Waals surface area (Å²) in [5.74, 6) is -1.27. The van der Waals surface area contributed by atoms with Gasteiger partial charge in [-0.2, -0.15) is 0 Å². The largest absolute Gasteiger partial charge is 0.465 e. The van der Waals surface area contributed by atoms with Crippen molar-refractivity contribution in [2.24, 2.45) is 5.92 Å². The minimum absolute atomic E-state index is 0.199. The van der Waals surface area contributed by atoms with Gasteiger partial charge in [-0.3, -0.25) is 4.79 Å². The van der Waals surface area contributed by atoms with Crippen LogP contribution in [0.1, 0.15) is 52.0 Å². The molecule has 0 atom stereocenters. The summed E-state index contributed by atoms with van der Waals surface area (Å²) in [6, 6.07) is 4.89. The molecule has 0 bridgehead atoms. The number of carbonyl (C=O) groups excluding carboxylic acids is 2. The minimum Gasteiger partial charge on any atom is -0.465 e. The second-order valence-electron chi connectivity index (χ2n) is 8.53. The highest BCUT2D eigenvalue weighted by Gasteiger charge is 2.33. The molecule has 1 fully saturated rings. The van der Waals surface area contributed by atoms with Gasteiger partial charge in [0.1, 0.15) is 5.00 Å². The van der Waals surface area contributed by atoms with Gasteiger partial charge in [-0.1, -0.05) is 29.3 Å². The lowest BCUT2D eigenvalue weighted by molar-refractivity contribution is -0.120. The predicted octanol–water partition coefficient (Wildman–Crippen LogP) is 4.90. The van der Waals surface area contributed by atoms with Crippen LogP contribution in [0.2, 0.25) is 10.0 Å². The molecule has 0 spiro atoms. The molecule has 4 rings (SSSR count). The molecule has 11 heteroatoms. The number of thiophene rings is 1. The van der Waals surface area contributed by atoms with Crippen molar-refractivity contribution in [3.8, 4) is 0 Å². The van der Waals surface area contributed by atoms with E-state index >= 15 is 0 Å². The number of methoxy groups -OCH3 is 1. The van der Waals surface area contributed by atoms with Crippen LogP contribution >= 0.6 is 34.5 Å². The summed E-state index contributed by atoms with van der Waals surface area (Å²) in [5.41, 5.74) is 1.83. The van der Waals surface area contributed by atoms with Crippen molar-refractivity contribution >= 4 is 61.4 Å². The second kappa shape index (κ2) is 10.5. The summed E-state index contributed by atoms with van der Waals surface area (Å²) < 4.78 is 32.3. The number of halogens is 2. The van der Waals surface area contributed by atoms with Crippen LogP contribution in [0.4, 0.5) is 5.00 Å². The minimum atomic E-state index is -3.64. The van der Waals surface area contributed by atoms with E-state index in [4.69, 9.17) is 27.9 Å². The van der Waals surface area contributed by atoms with Crippen molar-refractivity contribution < 1.29 is 22.7 Å². The molecule has 1 aromatic carbocycles. The fourth-order valence-electron chi connectivity index (χ4n) is 4.53. The van der Waals surface area contributed by atoms with E-state index in [0.717, 1.165) is 36.1 Å². The molecular formula is C23H26Cl2N2O5S2. The molecule has 1 aromatic heterocycles. The number of amides is 1. The maximum atomic E-state index is 13.0. The monoisotopic (exact) mass is 544 g/mol. The van der Waals surface area contributed by atoms with Crippen molar-refractivity contribution in [3.63, 3.8) is 0 Å². The number of anilines is 1. The number of nitrogens with zero attached hydrogens (tertiary/aromatic N) is 1. The Morgan fingerprint density at radius 1 is 1.15 bits per heavy atom. The Morgan fingerprint density at radius 3 is 2.44 bits per heavy atom. The molecule has 1 N–H and O–H groups in total. The number of aryl methyl sites for hydroxylation is 1. The van der Waals surface area contributed by atoms with Crippen LogP contribution in [-0.2, 0) is 38.1 Å². The molecule has 0 radical (unpaired) electrons. The SMILES string of the molecule is COC(=O)c1c(NC(=O)C2CCN(S(=O)(=O)Cc3c(Cl)cccc3Cl)CC2)sc2c1CCCC2. The number of rotatable bonds is 6. The first kappa shape index (κ1) is 25.4. The Labute approximate surface area is 213 Å². The Balaban J connectivity index is 1.42. The lowest BCUT2D eigenvalue weighted by Gasteiger charge is -2.30. The zero-order chi connectivity index (χ0) is 24.5. The lowest BCUT2D eigenvalue weighted by Crippen LogP contribution is -2.42. The average molecular weight is 546 g/mol. The third-order valence-electron chi connectivity index (χ3n) is 6.40. The van der Waals surface area contributed by atoms with Crippen molar-refractivity contribution in [3.05, 3.63) is 49.8 Å². The highest BCUT2D eigenvalue weighted by molar-refractivity contribution is 7.88. The molecule has 2 heterocycles. The van der Waals surface area contributed by atoms with Crippen molar-refractivity contribution in [1.29, 1.82) is 0 Å². The van der Waals surface area contributed by atoms with Crippen LogP contribution in [0, 0.1) is 5.92 Å². The molecule has 1 aliphatic heterocycles.